The van der Waals surface area contributed by atoms with E-state index in [2.05, 4.69) is 10.3 Å². The zero-order valence-electron chi connectivity index (χ0n) is 12.7. The lowest BCUT2D eigenvalue weighted by Gasteiger charge is -2.19. The van der Waals surface area contributed by atoms with Gasteiger partial charge in [-0.25, -0.2) is 4.79 Å². The normalized spacial score (nSPS) is 10.6. The number of nitrogens with zero attached hydrogens (tertiary/aromatic N) is 1. The molecule has 0 aliphatic rings. The molecule has 0 aliphatic heterocycles. The van der Waals surface area contributed by atoms with E-state index in [-0.39, 0.29) is 18.1 Å². The number of carbonyl (C=O) groups is 1. The summed E-state index contributed by atoms with van der Waals surface area (Å²) in [5, 5.41) is 3.75. The van der Waals surface area contributed by atoms with E-state index >= 15 is 0 Å². The van der Waals surface area contributed by atoms with Crippen LogP contribution in [0.1, 0.15) is 25.0 Å². The highest BCUT2D eigenvalue weighted by molar-refractivity contribution is 5.80. The molecule has 21 heavy (non-hydrogen) atoms. The number of H-pyrrole nitrogens is 1. The number of amides is 2. The van der Waals surface area contributed by atoms with Gasteiger partial charge in [-0.3, -0.25) is 4.79 Å². The first-order chi connectivity index (χ1) is 10.0. The number of fused-ring (bicyclic) bond motifs is 1. The minimum absolute atomic E-state index is 0.150. The molecule has 0 fully saturated rings. The fraction of sp³-hybridized carbons (Fsp3) is 0.375. The maximum Gasteiger partial charge on any atom is 0.317 e. The first-order valence-electron chi connectivity index (χ1n) is 7.20. The Kier molecular flexibility index (Phi) is 4.62. The summed E-state index contributed by atoms with van der Waals surface area (Å²) in [5.41, 5.74) is 2.32. The van der Waals surface area contributed by atoms with Crippen LogP contribution in [0, 0.1) is 6.92 Å². The van der Waals surface area contributed by atoms with Gasteiger partial charge in [-0.1, -0.05) is 12.1 Å². The van der Waals surface area contributed by atoms with Crippen LogP contribution in [0.15, 0.2) is 29.1 Å². The second-order valence-electron chi connectivity index (χ2n) is 5.05. The van der Waals surface area contributed by atoms with Gasteiger partial charge in [0, 0.05) is 30.7 Å². The summed E-state index contributed by atoms with van der Waals surface area (Å²) in [5.74, 6) is 0. The van der Waals surface area contributed by atoms with Gasteiger partial charge in [-0.15, -0.1) is 0 Å². The molecule has 0 bridgehead atoms. The maximum absolute atomic E-state index is 12.0. The van der Waals surface area contributed by atoms with Gasteiger partial charge in [0.05, 0.1) is 0 Å². The fourth-order valence-corrected chi connectivity index (χ4v) is 2.28. The molecule has 0 saturated heterocycles. The number of benzene rings is 1. The van der Waals surface area contributed by atoms with Crippen LogP contribution in [0.25, 0.3) is 10.9 Å². The molecule has 2 aromatic rings. The molecule has 112 valence electrons. The number of aromatic nitrogens is 1. The van der Waals surface area contributed by atoms with Crippen LogP contribution in [-0.2, 0) is 6.54 Å². The lowest BCUT2D eigenvalue weighted by molar-refractivity contribution is 0.203. The molecule has 1 aromatic heterocycles. The third-order valence-electron chi connectivity index (χ3n) is 3.56. The topological polar surface area (TPSA) is 65.2 Å². The van der Waals surface area contributed by atoms with E-state index in [4.69, 9.17) is 0 Å². The first-order valence-corrected chi connectivity index (χ1v) is 7.20. The zero-order valence-corrected chi connectivity index (χ0v) is 12.7. The van der Waals surface area contributed by atoms with E-state index in [9.17, 15) is 9.59 Å². The molecule has 0 radical (unpaired) electrons. The summed E-state index contributed by atoms with van der Waals surface area (Å²) in [6.07, 6.45) is 0. The third-order valence-corrected chi connectivity index (χ3v) is 3.56. The molecule has 0 atom stereocenters. The highest BCUT2D eigenvalue weighted by atomic mass is 16.2. The molecule has 1 aromatic carbocycles. The molecule has 0 saturated carbocycles. The van der Waals surface area contributed by atoms with Crippen molar-refractivity contribution in [1.29, 1.82) is 0 Å². The predicted octanol–water partition coefficient (Wildman–Crippen LogP) is 2.39. The molecule has 0 aliphatic carbocycles. The van der Waals surface area contributed by atoms with Crippen LogP contribution in [-0.4, -0.2) is 29.0 Å². The smallest absolute Gasteiger partial charge is 0.317 e. The van der Waals surface area contributed by atoms with E-state index < -0.39 is 0 Å². The lowest BCUT2D eigenvalue weighted by atomic mass is 10.1. The molecule has 1 heterocycles. The molecule has 2 rings (SSSR count). The summed E-state index contributed by atoms with van der Waals surface area (Å²) in [6, 6.07) is 7.59. The Hall–Kier alpha value is -2.30. The van der Waals surface area contributed by atoms with Crippen molar-refractivity contribution in [3.05, 3.63) is 45.7 Å². The van der Waals surface area contributed by atoms with Crippen molar-refractivity contribution >= 4 is 16.9 Å². The highest BCUT2D eigenvalue weighted by Gasteiger charge is 2.10. The standard InChI is InChI=1S/C16H21N3O2/c1-4-19(5-2)16(21)17-10-13-9-12-7-6-11(3)8-14(12)18-15(13)20/h6-9H,4-5,10H2,1-3H3,(H,17,21)(H,18,20). The number of hydrogen-bond acceptors (Lipinski definition) is 2. The summed E-state index contributed by atoms with van der Waals surface area (Å²) in [4.78, 5) is 28.5. The van der Waals surface area contributed by atoms with Gasteiger partial charge in [0.2, 0.25) is 0 Å². The van der Waals surface area contributed by atoms with Crippen molar-refractivity contribution in [1.82, 2.24) is 15.2 Å². The summed E-state index contributed by atoms with van der Waals surface area (Å²) >= 11 is 0. The Labute approximate surface area is 124 Å². The maximum atomic E-state index is 12.0. The number of pyridine rings is 1. The van der Waals surface area contributed by atoms with Gasteiger partial charge in [0.15, 0.2) is 0 Å². The van der Waals surface area contributed by atoms with E-state index in [0.29, 0.717) is 18.7 Å². The Morgan fingerprint density at radius 3 is 2.62 bits per heavy atom. The molecule has 2 amide bonds. The summed E-state index contributed by atoms with van der Waals surface area (Å²) in [7, 11) is 0. The number of nitrogens with one attached hydrogen (secondary N) is 2. The molecule has 5 nitrogen and oxygen atoms in total. The van der Waals surface area contributed by atoms with E-state index in [0.717, 1.165) is 16.5 Å². The van der Waals surface area contributed by atoms with E-state index in [1.165, 1.54) is 0 Å². The Bertz CT molecular complexity index is 702. The summed E-state index contributed by atoms with van der Waals surface area (Å²) < 4.78 is 0. The number of rotatable bonds is 4. The van der Waals surface area contributed by atoms with Crippen LogP contribution in [0.4, 0.5) is 4.79 Å². The van der Waals surface area contributed by atoms with Gasteiger partial charge in [-0.2, -0.15) is 0 Å². The number of carbonyl (C=O) groups excluding carboxylic acids is 1. The number of hydrogen-bond donors (Lipinski definition) is 2. The van der Waals surface area contributed by atoms with E-state index in [1.807, 2.05) is 45.0 Å². The highest BCUT2D eigenvalue weighted by Crippen LogP contribution is 2.12. The van der Waals surface area contributed by atoms with Gasteiger partial charge in [-0.05, 0) is 43.9 Å². The third kappa shape index (κ3) is 3.42. The van der Waals surface area contributed by atoms with E-state index in [1.54, 1.807) is 4.90 Å². The van der Waals surface area contributed by atoms with Crippen molar-refractivity contribution in [3.8, 4) is 0 Å². The van der Waals surface area contributed by atoms with Crippen LogP contribution in [0.2, 0.25) is 0 Å². The number of aryl methyl sites for hydroxylation is 1. The minimum atomic E-state index is -0.159. The second-order valence-corrected chi connectivity index (χ2v) is 5.05. The second kappa shape index (κ2) is 6.43. The fourth-order valence-electron chi connectivity index (χ4n) is 2.28. The molecular formula is C16H21N3O2. The monoisotopic (exact) mass is 287 g/mol. The molecule has 2 N–H and O–H groups in total. The zero-order chi connectivity index (χ0) is 15.4. The van der Waals surface area contributed by atoms with Crippen LogP contribution >= 0.6 is 0 Å². The van der Waals surface area contributed by atoms with Crippen LogP contribution in [0.5, 0.6) is 0 Å². The van der Waals surface area contributed by atoms with Gasteiger partial charge < -0.3 is 15.2 Å². The quantitative estimate of drug-likeness (QED) is 0.906. The van der Waals surface area contributed by atoms with Crippen molar-refractivity contribution in [2.75, 3.05) is 13.1 Å². The number of urea groups is 1. The minimum Gasteiger partial charge on any atom is -0.334 e. The van der Waals surface area contributed by atoms with Gasteiger partial charge in [0.25, 0.3) is 5.56 Å². The van der Waals surface area contributed by atoms with Crippen LogP contribution in [0.3, 0.4) is 0 Å². The van der Waals surface area contributed by atoms with Crippen molar-refractivity contribution in [2.24, 2.45) is 0 Å². The van der Waals surface area contributed by atoms with Gasteiger partial charge >= 0.3 is 6.03 Å². The molecular weight excluding hydrogens is 266 g/mol. The van der Waals surface area contributed by atoms with Crippen LogP contribution < -0.4 is 10.9 Å². The Morgan fingerprint density at radius 2 is 1.95 bits per heavy atom. The van der Waals surface area contributed by atoms with Crippen molar-refractivity contribution < 1.29 is 4.79 Å². The predicted molar refractivity (Wildman–Crippen MR) is 84.5 cm³/mol. The number of aromatic amines is 1. The average Bonchev–Trinajstić information content (AvgIpc) is 2.46. The largest absolute Gasteiger partial charge is 0.334 e. The molecule has 0 spiro atoms. The van der Waals surface area contributed by atoms with Crippen molar-refractivity contribution in [3.63, 3.8) is 0 Å². The molecule has 0 unspecified atom stereocenters. The Morgan fingerprint density at radius 1 is 1.24 bits per heavy atom. The van der Waals surface area contributed by atoms with Gasteiger partial charge in [0.1, 0.15) is 0 Å². The SMILES string of the molecule is CCN(CC)C(=O)NCc1cc2ccc(C)cc2[nH]c1=O. The first kappa shape index (κ1) is 15.1. The van der Waals surface area contributed by atoms with Crippen molar-refractivity contribution in [2.45, 2.75) is 27.3 Å². The molecule has 5 heteroatoms. The average molecular weight is 287 g/mol. The lowest BCUT2D eigenvalue weighted by Crippen LogP contribution is -2.40. The summed E-state index contributed by atoms with van der Waals surface area (Å²) in [6.45, 7) is 7.36. The Balaban J connectivity index is 2.19.